The molecule has 0 atom stereocenters. The fraction of sp³-hybridized carbons (Fsp3) is 0.182. The van der Waals surface area contributed by atoms with Gasteiger partial charge in [0.2, 0.25) is 0 Å². The van der Waals surface area contributed by atoms with Crippen molar-refractivity contribution in [1.82, 2.24) is 0 Å². The largest absolute Gasteiger partial charge is 0.466 e. The molecule has 0 aromatic heterocycles. The summed E-state index contributed by atoms with van der Waals surface area (Å²) in [6.07, 6.45) is -4.01. The summed E-state index contributed by atoms with van der Waals surface area (Å²) in [5.41, 5.74) is 3.60. The Bertz CT molecular complexity index is 494. The van der Waals surface area contributed by atoms with Crippen molar-refractivity contribution < 1.29 is 27.1 Å². The van der Waals surface area contributed by atoms with Crippen LogP contribution in [0.25, 0.3) is 5.70 Å². The Hall–Kier alpha value is -2.05. The predicted octanol–water partition coefficient (Wildman–Crippen LogP) is 2.32. The molecule has 2 N–H and O–H groups in total. The summed E-state index contributed by atoms with van der Waals surface area (Å²) in [5, 5.41) is 0. The van der Waals surface area contributed by atoms with E-state index in [1.165, 1.54) is 0 Å². The number of halogens is 4. The fourth-order valence-electron chi connectivity index (χ4n) is 1.19. The summed E-state index contributed by atoms with van der Waals surface area (Å²) < 4.78 is 54.5. The molecule has 0 fully saturated rings. The van der Waals surface area contributed by atoms with E-state index in [-0.39, 0.29) is 11.3 Å². The number of alkyl halides is 3. The van der Waals surface area contributed by atoms with Crippen LogP contribution in [-0.4, -0.2) is 13.1 Å². The molecule has 18 heavy (non-hydrogen) atoms. The number of nitrogens with two attached hydrogens (primary N) is 1. The summed E-state index contributed by atoms with van der Waals surface area (Å²) in [5.74, 6) is -2.22. The number of esters is 1. The molecule has 1 aromatic rings. The standard InChI is InChI=1S/C11H9F4NO2/c1-18-10(17)5-9(16)6-2-3-8(12)7(4-6)11(13,14)15/h2-5H,16H2,1H3/b9-5-. The molecule has 0 aliphatic heterocycles. The van der Waals surface area contributed by atoms with Gasteiger partial charge < -0.3 is 10.5 Å². The molecule has 0 unspecified atom stereocenters. The molecule has 0 heterocycles. The monoisotopic (exact) mass is 263 g/mol. The topological polar surface area (TPSA) is 52.3 Å². The first-order valence-corrected chi connectivity index (χ1v) is 4.68. The van der Waals surface area contributed by atoms with Gasteiger partial charge >= 0.3 is 12.1 Å². The Morgan fingerprint density at radius 2 is 2.00 bits per heavy atom. The Labute approximate surface area is 99.8 Å². The number of benzene rings is 1. The van der Waals surface area contributed by atoms with Gasteiger partial charge in [-0.05, 0) is 23.8 Å². The summed E-state index contributed by atoms with van der Waals surface area (Å²) in [4.78, 5) is 10.9. The number of hydrogen-bond acceptors (Lipinski definition) is 3. The first-order valence-electron chi connectivity index (χ1n) is 4.68. The predicted molar refractivity (Wildman–Crippen MR) is 55.6 cm³/mol. The van der Waals surface area contributed by atoms with Crippen molar-refractivity contribution in [3.05, 3.63) is 41.2 Å². The molecule has 0 amide bonds. The third-order valence-corrected chi connectivity index (χ3v) is 2.08. The van der Waals surface area contributed by atoms with Crippen LogP contribution in [0.4, 0.5) is 17.6 Å². The van der Waals surface area contributed by atoms with Crippen LogP contribution in [0.2, 0.25) is 0 Å². The van der Waals surface area contributed by atoms with E-state index in [0.29, 0.717) is 12.1 Å². The molecular weight excluding hydrogens is 254 g/mol. The number of hydrogen-bond donors (Lipinski definition) is 1. The van der Waals surface area contributed by atoms with E-state index in [4.69, 9.17) is 5.73 Å². The highest BCUT2D eigenvalue weighted by Crippen LogP contribution is 2.32. The van der Waals surface area contributed by atoms with Gasteiger partial charge in [-0.1, -0.05) is 0 Å². The van der Waals surface area contributed by atoms with Gasteiger partial charge in [0.25, 0.3) is 0 Å². The third-order valence-electron chi connectivity index (χ3n) is 2.08. The van der Waals surface area contributed by atoms with Crippen molar-refractivity contribution in [2.45, 2.75) is 6.18 Å². The molecule has 7 heteroatoms. The number of methoxy groups -OCH3 is 1. The minimum atomic E-state index is -4.83. The van der Waals surface area contributed by atoms with Gasteiger partial charge in [0, 0.05) is 11.8 Å². The van der Waals surface area contributed by atoms with Crippen LogP contribution < -0.4 is 5.73 Å². The molecule has 0 saturated carbocycles. The number of carbonyl (C=O) groups excluding carboxylic acids is 1. The highest BCUT2D eigenvalue weighted by molar-refractivity contribution is 5.90. The zero-order valence-corrected chi connectivity index (χ0v) is 9.22. The van der Waals surface area contributed by atoms with Crippen LogP contribution in [0.5, 0.6) is 0 Å². The van der Waals surface area contributed by atoms with Crippen LogP contribution in [-0.2, 0) is 15.7 Å². The van der Waals surface area contributed by atoms with Crippen molar-refractivity contribution in [1.29, 1.82) is 0 Å². The summed E-state index contributed by atoms with van der Waals surface area (Å²) >= 11 is 0. The number of rotatable bonds is 2. The molecule has 0 aliphatic rings. The molecule has 3 nitrogen and oxygen atoms in total. The Kier molecular flexibility index (Phi) is 3.95. The number of ether oxygens (including phenoxy) is 1. The average molecular weight is 263 g/mol. The Balaban J connectivity index is 3.21. The summed E-state index contributed by atoms with van der Waals surface area (Å²) in [6, 6.07) is 2.21. The molecule has 0 bridgehead atoms. The van der Waals surface area contributed by atoms with E-state index in [1.54, 1.807) is 0 Å². The quantitative estimate of drug-likeness (QED) is 0.506. The molecule has 0 spiro atoms. The second-order valence-corrected chi connectivity index (χ2v) is 3.32. The van der Waals surface area contributed by atoms with Crippen molar-refractivity contribution in [2.75, 3.05) is 7.11 Å². The van der Waals surface area contributed by atoms with E-state index < -0.39 is 23.5 Å². The number of carbonyl (C=O) groups is 1. The van der Waals surface area contributed by atoms with Crippen LogP contribution in [0.3, 0.4) is 0 Å². The second kappa shape index (κ2) is 5.07. The maximum atomic E-state index is 13.0. The van der Waals surface area contributed by atoms with Crippen molar-refractivity contribution in [3.8, 4) is 0 Å². The average Bonchev–Trinajstić information content (AvgIpc) is 2.27. The smallest absolute Gasteiger partial charge is 0.419 e. The molecule has 1 aromatic carbocycles. The van der Waals surface area contributed by atoms with E-state index in [2.05, 4.69) is 4.74 Å². The van der Waals surface area contributed by atoms with Crippen LogP contribution in [0.1, 0.15) is 11.1 Å². The van der Waals surface area contributed by atoms with Crippen molar-refractivity contribution >= 4 is 11.7 Å². The highest BCUT2D eigenvalue weighted by atomic mass is 19.4. The lowest BCUT2D eigenvalue weighted by molar-refractivity contribution is -0.140. The molecule has 1 rings (SSSR count). The van der Waals surface area contributed by atoms with E-state index >= 15 is 0 Å². The zero-order chi connectivity index (χ0) is 13.9. The lowest BCUT2D eigenvalue weighted by atomic mass is 10.1. The first kappa shape index (κ1) is 14.0. The molecular formula is C11H9F4NO2. The maximum Gasteiger partial charge on any atom is 0.419 e. The van der Waals surface area contributed by atoms with Crippen molar-refractivity contribution in [3.63, 3.8) is 0 Å². The van der Waals surface area contributed by atoms with Crippen LogP contribution in [0, 0.1) is 5.82 Å². The third kappa shape index (κ3) is 3.22. The maximum absolute atomic E-state index is 13.0. The van der Waals surface area contributed by atoms with Gasteiger partial charge in [-0.3, -0.25) is 0 Å². The van der Waals surface area contributed by atoms with E-state index in [0.717, 1.165) is 19.3 Å². The van der Waals surface area contributed by atoms with E-state index in [1.807, 2.05) is 0 Å². The van der Waals surface area contributed by atoms with Gasteiger partial charge in [0.15, 0.2) is 0 Å². The molecule has 0 aliphatic carbocycles. The lowest BCUT2D eigenvalue weighted by Gasteiger charge is -2.10. The normalized spacial score (nSPS) is 12.4. The zero-order valence-electron chi connectivity index (χ0n) is 9.22. The second-order valence-electron chi connectivity index (χ2n) is 3.32. The molecule has 98 valence electrons. The van der Waals surface area contributed by atoms with Crippen molar-refractivity contribution in [2.24, 2.45) is 5.73 Å². The van der Waals surface area contributed by atoms with Gasteiger partial charge in [-0.25, -0.2) is 9.18 Å². The Morgan fingerprint density at radius 3 is 2.50 bits per heavy atom. The molecule has 0 saturated heterocycles. The first-order chi connectivity index (χ1) is 8.25. The van der Waals surface area contributed by atoms with Gasteiger partial charge in [0.05, 0.1) is 12.7 Å². The van der Waals surface area contributed by atoms with Crippen LogP contribution >= 0.6 is 0 Å². The lowest BCUT2D eigenvalue weighted by Crippen LogP contribution is -2.10. The SMILES string of the molecule is COC(=O)/C=C(\N)c1ccc(F)c(C(F)(F)F)c1. The summed E-state index contributed by atoms with van der Waals surface area (Å²) in [7, 11) is 1.10. The minimum Gasteiger partial charge on any atom is -0.466 e. The van der Waals surface area contributed by atoms with Crippen LogP contribution in [0.15, 0.2) is 24.3 Å². The minimum absolute atomic E-state index is 0.117. The van der Waals surface area contributed by atoms with E-state index in [9.17, 15) is 22.4 Å². The fourth-order valence-corrected chi connectivity index (χ4v) is 1.19. The summed E-state index contributed by atoms with van der Waals surface area (Å²) in [6.45, 7) is 0. The molecule has 0 radical (unpaired) electrons. The van der Waals surface area contributed by atoms with Gasteiger partial charge in [-0.15, -0.1) is 0 Å². The Morgan fingerprint density at radius 1 is 1.39 bits per heavy atom. The highest BCUT2D eigenvalue weighted by Gasteiger charge is 2.34. The van der Waals surface area contributed by atoms with Gasteiger partial charge in [0.1, 0.15) is 5.82 Å². The van der Waals surface area contributed by atoms with Gasteiger partial charge in [-0.2, -0.15) is 13.2 Å².